The number of hydrogen-bond acceptors (Lipinski definition) is 2. The van der Waals surface area contributed by atoms with Gasteiger partial charge in [0.15, 0.2) is 0 Å². The van der Waals surface area contributed by atoms with Gasteiger partial charge in [-0.3, -0.25) is 0 Å². The maximum Gasteiger partial charge on any atom is 0.143 e. The summed E-state index contributed by atoms with van der Waals surface area (Å²) in [6.45, 7) is 0. The van der Waals surface area contributed by atoms with Crippen LogP contribution in [0.2, 0.25) is 0 Å². The van der Waals surface area contributed by atoms with Crippen molar-refractivity contribution in [3.05, 3.63) is 237 Å². The van der Waals surface area contributed by atoms with E-state index in [1.165, 1.54) is 43.8 Å². The summed E-state index contributed by atoms with van der Waals surface area (Å²) >= 11 is 0. The molecule has 0 aliphatic heterocycles. The van der Waals surface area contributed by atoms with Crippen molar-refractivity contribution in [3.63, 3.8) is 0 Å². The van der Waals surface area contributed by atoms with E-state index < -0.39 is 0 Å². The Bertz CT molecular complexity index is 3290. The van der Waals surface area contributed by atoms with Crippen molar-refractivity contribution >= 4 is 49.6 Å². The molecular formula is C58H39NO. The number of para-hydroxylation sites is 1. The maximum absolute atomic E-state index is 6.71. The topological polar surface area (TPSA) is 16.4 Å². The SMILES string of the molecule is c1ccc(-c2c(-c3cccc(N(c4ccc(-c5ccc(-c6cccc7ccccc67)cc5)cc4)c4cccc(-c5cccc6ccccc56)c4)c3)oc3ccccc23)cc1. The van der Waals surface area contributed by atoms with Gasteiger partial charge in [0.05, 0.1) is 0 Å². The summed E-state index contributed by atoms with van der Waals surface area (Å²) in [5, 5.41) is 6.08. The Kier molecular flexibility index (Phi) is 8.87. The molecule has 0 bridgehead atoms. The highest BCUT2D eigenvalue weighted by molar-refractivity contribution is 6.03. The smallest absolute Gasteiger partial charge is 0.143 e. The van der Waals surface area contributed by atoms with Gasteiger partial charge in [-0.15, -0.1) is 0 Å². The molecule has 0 saturated heterocycles. The van der Waals surface area contributed by atoms with E-state index in [4.69, 9.17) is 4.42 Å². The molecule has 0 amide bonds. The zero-order valence-electron chi connectivity index (χ0n) is 32.9. The van der Waals surface area contributed by atoms with E-state index in [1.54, 1.807) is 0 Å². The van der Waals surface area contributed by atoms with Gasteiger partial charge in [0.2, 0.25) is 0 Å². The Morgan fingerprint density at radius 3 is 1.42 bits per heavy atom. The summed E-state index contributed by atoms with van der Waals surface area (Å²) in [6.07, 6.45) is 0. The van der Waals surface area contributed by atoms with E-state index in [-0.39, 0.29) is 0 Å². The average Bonchev–Trinajstić information content (AvgIpc) is 3.72. The normalized spacial score (nSPS) is 11.3. The Balaban J connectivity index is 1.02. The quantitative estimate of drug-likeness (QED) is 0.153. The third kappa shape index (κ3) is 6.41. The maximum atomic E-state index is 6.71. The highest BCUT2D eigenvalue weighted by atomic mass is 16.3. The minimum Gasteiger partial charge on any atom is -0.455 e. The molecule has 282 valence electrons. The summed E-state index contributed by atoms with van der Waals surface area (Å²) < 4.78 is 6.71. The standard InChI is InChI=1S/C58H39NO/c1-2-16-45(17-3-1)57-55-26-8-9-29-56(55)60-58(57)47-21-11-23-50(39-47)59(49-22-10-20-46(38-49)54-28-13-19-43-15-5-7-25-52(43)54)48-36-34-41(35-37-48)40-30-32-44(33-31-40)53-27-12-18-42-14-4-6-24-51(42)53/h1-39H. The van der Waals surface area contributed by atoms with Crippen LogP contribution in [0.15, 0.2) is 241 Å². The highest BCUT2D eigenvalue weighted by Crippen LogP contribution is 2.44. The van der Waals surface area contributed by atoms with Crippen molar-refractivity contribution in [2.75, 3.05) is 4.90 Å². The number of furan rings is 1. The fourth-order valence-electron chi connectivity index (χ4n) is 8.79. The van der Waals surface area contributed by atoms with Crippen LogP contribution in [0.3, 0.4) is 0 Å². The summed E-state index contributed by atoms with van der Waals surface area (Å²) in [6, 6.07) is 84.7. The van der Waals surface area contributed by atoms with E-state index in [9.17, 15) is 0 Å². The third-order valence-electron chi connectivity index (χ3n) is 11.7. The Morgan fingerprint density at radius 1 is 0.283 bits per heavy atom. The van der Waals surface area contributed by atoms with Gasteiger partial charge >= 0.3 is 0 Å². The molecular weight excluding hydrogens is 727 g/mol. The molecule has 1 aromatic heterocycles. The lowest BCUT2D eigenvalue weighted by Gasteiger charge is -2.27. The van der Waals surface area contributed by atoms with E-state index >= 15 is 0 Å². The first-order valence-corrected chi connectivity index (χ1v) is 20.5. The summed E-state index contributed by atoms with van der Waals surface area (Å²) in [5.74, 6) is 0.857. The van der Waals surface area contributed by atoms with Gasteiger partial charge in [-0.25, -0.2) is 0 Å². The molecule has 0 saturated carbocycles. The van der Waals surface area contributed by atoms with Crippen LogP contribution in [-0.4, -0.2) is 0 Å². The second-order valence-electron chi connectivity index (χ2n) is 15.3. The first-order valence-electron chi connectivity index (χ1n) is 20.5. The average molecular weight is 766 g/mol. The number of fused-ring (bicyclic) bond motifs is 3. The van der Waals surface area contributed by atoms with Crippen LogP contribution in [0.5, 0.6) is 0 Å². The van der Waals surface area contributed by atoms with Crippen molar-refractivity contribution < 1.29 is 4.42 Å². The van der Waals surface area contributed by atoms with Crippen molar-refractivity contribution in [2.45, 2.75) is 0 Å². The minimum absolute atomic E-state index is 0.857. The second-order valence-corrected chi connectivity index (χ2v) is 15.3. The highest BCUT2D eigenvalue weighted by Gasteiger charge is 2.20. The van der Waals surface area contributed by atoms with Gasteiger partial charge in [0.25, 0.3) is 0 Å². The molecule has 10 aromatic carbocycles. The zero-order valence-corrected chi connectivity index (χ0v) is 32.9. The van der Waals surface area contributed by atoms with Crippen LogP contribution in [-0.2, 0) is 0 Å². The second kappa shape index (κ2) is 15.1. The van der Waals surface area contributed by atoms with Crippen molar-refractivity contribution in [3.8, 4) is 55.8 Å². The largest absolute Gasteiger partial charge is 0.455 e. The number of anilines is 3. The molecule has 60 heavy (non-hydrogen) atoms. The first kappa shape index (κ1) is 35.2. The minimum atomic E-state index is 0.857. The lowest BCUT2D eigenvalue weighted by atomic mass is 9.96. The van der Waals surface area contributed by atoms with Gasteiger partial charge in [-0.05, 0) is 103 Å². The van der Waals surface area contributed by atoms with Crippen molar-refractivity contribution in [2.24, 2.45) is 0 Å². The van der Waals surface area contributed by atoms with Crippen molar-refractivity contribution in [1.29, 1.82) is 0 Å². The van der Waals surface area contributed by atoms with E-state index in [1.807, 2.05) is 6.07 Å². The zero-order chi connectivity index (χ0) is 39.8. The van der Waals surface area contributed by atoms with Crippen LogP contribution in [0, 0.1) is 0 Å². The number of benzene rings is 10. The molecule has 0 atom stereocenters. The first-order chi connectivity index (χ1) is 29.7. The third-order valence-corrected chi connectivity index (χ3v) is 11.7. The molecule has 0 spiro atoms. The summed E-state index contributed by atoms with van der Waals surface area (Å²) in [7, 11) is 0. The lowest BCUT2D eigenvalue weighted by molar-refractivity contribution is 0.632. The van der Waals surface area contributed by atoms with Crippen LogP contribution >= 0.6 is 0 Å². The molecule has 1 heterocycles. The molecule has 0 radical (unpaired) electrons. The summed E-state index contributed by atoms with van der Waals surface area (Å²) in [5.41, 5.74) is 14.5. The van der Waals surface area contributed by atoms with Crippen LogP contribution in [0.4, 0.5) is 17.1 Å². The molecule has 2 nitrogen and oxygen atoms in total. The molecule has 0 fully saturated rings. The van der Waals surface area contributed by atoms with E-state index in [0.29, 0.717) is 0 Å². The summed E-state index contributed by atoms with van der Waals surface area (Å²) in [4.78, 5) is 2.36. The van der Waals surface area contributed by atoms with Gasteiger partial charge in [0, 0.05) is 33.6 Å². The fraction of sp³-hybridized carbons (Fsp3) is 0. The van der Waals surface area contributed by atoms with Gasteiger partial charge < -0.3 is 9.32 Å². The van der Waals surface area contributed by atoms with E-state index in [0.717, 1.165) is 61.6 Å². The number of nitrogens with zero attached hydrogens (tertiary/aromatic N) is 1. The van der Waals surface area contributed by atoms with Crippen molar-refractivity contribution in [1.82, 2.24) is 0 Å². The van der Waals surface area contributed by atoms with Gasteiger partial charge in [-0.1, -0.05) is 194 Å². The molecule has 2 heteroatoms. The van der Waals surface area contributed by atoms with Gasteiger partial charge in [-0.2, -0.15) is 0 Å². The Morgan fingerprint density at radius 2 is 0.750 bits per heavy atom. The molecule has 0 N–H and O–H groups in total. The molecule has 0 unspecified atom stereocenters. The molecule has 0 aliphatic rings. The lowest BCUT2D eigenvalue weighted by Crippen LogP contribution is -2.10. The Hall–Kier alpha value is -7.94. The molecule has 11 aromatic rings. The van der Waals surface area contributed by atoms with Crippen LogP contribution in [0.1, 0.15) is 0 Å². The molecule has 11 rings (SSSR count). The monoisotopic (exact) mass is 765 g/mol. The predicted molar refractivity (Wildman–Crippen MR) is 253 cm³/mol. The van der Waals surface area contributed by atoms with E-state index in [2.05, 4.69) is 235 Å². The number of rotatable bonds is 8. The predicted octanol–water partition coefficient (Wildman–Crippen LogP) is 16.5. The number of hydrogen-bond donors (Lipinski definition) is 0. The fourth-order valence-corrected chi connectivity index (χ4v) is 8.79. The van der Waals surface area contributed by atoms with Crippen LogP contribution < -0.4 is 4.90 Å². The molecule has 0 aliphatic carbocycles. The van der Waals surface area contributed by atoms with Crippen LogP contribution in [0.25, 0.3) is 88.3 Å². The van der Waals surface area contributed by atoms with Gasteiger partial charge in [0.1, 0.15) is 11.3 Å². The Labute approximate surface area is 349 Å².